The summed E-state index contributed by atoms with van der Waals surface area (Å²) >= 11 is 0. The lowest BCUT2D eigenvalue weighted by molar-refractivity contribution is 0.0857. The maximum absolute atomic E-state index is 14.5. The number of nitrogens with zero attached hydrogens (tertiary/aromatic N) is 1. The molecule has 7 heteroatoms. The topological polar surface area (TPSA) is 77.2 Å². The van der Waals surface area contributed by atoms with Crippen molar-refractivity contribution in [1.82, 2.24) is 10.3 Å². The SMILES string of the molecule is Cc1cc2c(cc1-c1ccc(F)cc1F)C1OC2c2cc(C(=O)NCc3c(C)cc(N)nc3C)ccc21. The standard InChI is InChI=1S/C30H25F2N3O2/c1-14-8-22-24(12-21(14)19-7-5-18(31)11-26(19)32)28-20-6-4-17(10-23(20)29(22)37-28)30(36)34-13-25-15(2)9-27(33)35-16(25)3/h4-12,28-29H,13H2,1-3H3,(H2,33,35)(H,34,36). The number of fused-ring (bicyclic) bond motifs is 8. The summed E-state index contributed by atoms with van der Waals surface area (Å²) in [5, 5.41) is 2.99. The number of carbonyl (C=O) groups excluding carboxylic acids is 1. The molecule has 0 spiro atoms. The van der Waals surface area contributed by atoms with E-state index >= 15 is 0 Å². The molecule has 0 fully saturated rings. The number of pyridine rings is 1. The van der Waals surface area contributed by atoms with Crippen molar-refractivity contribution in [3.05, 3.63) is 116 Å². The Hall–Kier alpha value is -4.10. The molecule has 3 N–H and O–H groups in total. The number of hydrogen-bond donors (Lipinski definition) is 2. The van der Waals surface area contributed by atoms with Crippen molar-refractivity contribution in [2.45, 2.75) is 39.5 Å². The molecular formula is C30H25F2N3O2. The number of nitrogen functional groups attached to an aromatic ring is 1. The molecule has 2 aliphatic rings. The zero-order valence-corrected chi connectivity index (χ0v) is 20.7. The average Bonchev–Trinajstić information content (AvgIpc) is 3.39. The van der Waals surface area contributed by atoms with Crippen LogP contribution in [0, 0.1) is 32.4 Å². The molecule has 2 atom stereocenters. The van der Waals surface area contributed by atoms with E-state index in [4.69, 9.17) is 10.5 Å². The van der Waals surface area contributed by atoms with Gasteiger partial charge >= 0.3 is 0 Å². The summed E-state index contributed by atoms with van der Waals surface area (Å²) in [6.45, 7) is 6.09. The molecule has 0 aliphatic carbocycles. The minimum atomic E-state index is -0.605. The maximum atomic E-state index is 14.5. The first-order chi connectivity index (χ1) is 17.7. The highest BCUT2D eigenvalue weighted by molar-refractivity contribution is 5.94. The molecule has 1 aromatic heterocycles. The number of carbonyl (C=O) groups is 1. The van der Waals surface area contributed by atoms with Crippen LogP contribution in [-0.2, 0) is 11.3 Å². The van der Waals surface area contributed by atoms with Crippen LogP contribution in [0.25, 0.3) is 11.1 Å². The van der Waals surface area contributed by atoms with Crippen LogP contribution in [0.3, 0.4) is 0 Å². The number of anilines is 1. The van der Waals surface area contributed by atoms with Gasteiger partial charge in [-0.05, 0) is 102 Å². The van der Waals surface area contributed by atoms with Crippen molar-refractivity contribution in [2.24, 2.45) is 0 Å². The number of amides is 1. The van der Waals surface area contributed by atoms with Gasteiger partial charge in [0.25, 0.3) is 5.91 Å². The number of nitrogens with two attached hydrogens (primary N) is 1. The molecule has 0 saturated heterocycles. The fourth-order valence-corrected chi connectivity index (χ4v) is 5.57. The van der Waals surface area contributed by atoms with E-state index in [2.05, 4.69) is 10.3 Å². The van der Waals surface area contributed by atoms with E-state index < -0.39 is 11.6 Å². The van der Waals surface area contributed by atoms with Crippen molar-refractivity contribution in [2.75, 3.05) is 5.73 Å². The third-order valence-electron chi connectivity index (χ3n) is 7.40. The third kappa shape index (κ3) is 3.78. The molecule has 5 nitrogen and oxygen atoms in total. The largest absolute Gasteiger partial charge is 0.384 e. The van der Waals surface area contributed by atoms with Gasteiger partial charge < -0.3 is 15.8 Å². The van der Waals surface area contributed by atoms with Crippen molar-refractivity contribution >= 4 is 11.7 Å². The van der Waals surface area contributed by atoms with Gasteiger partial charge in [-0.3, -0.25) is 4.79 Å². The first kappa shape index (κ1) is 23.3. The maximum Gasteiger partial charge on any atom is 0.251 e. The minimum Gasteiger partial charge on any atom is -0.384 e. The quantitative estimate of drug-likeness (QED) is 0.363. The first-order valence-electron chi connectivity index (χ1n) is 12.1. The zero-order chi connectivity index (χ0) is 26.0. The van der Waals surface area contributed by atoms with Crippen LogP contribution in [0.5, 0.6) is 0 Å². The molecule has 2 bridgehead atoms. The first-order valence-corrected chi connectivity index (χ1v) is 12.1. The average molecular weight is 498 g/mol. The molecule has 4 aromatic rings. The fourth-order valence-electron chi connectivity index (χ4n) is 5.57. The van der Waals surface area contributed by atoms with Crippen LogP contribution in [0.4, 0.5) is 14.6 Å². The summed E-state index contributed by atoms with van der Waals surface area (Å²) in [4.78, 5) is 17.3. The summed E-state index contributed by atoms with van der Waals surface area (Å²) in [7, 11) is 0. The summed E-state index contributed by atoms with van der Waals surface area (Å²) in [5.41, 5.74) is 15.0. The fraction of sp³-hybridized carbons (Fsp3) is 0.200. The van der Waals surface area contributed by atoms with Gasteiger partial charge in [0.2, 0.25) is 0 Å². The van der Waals surface area contributed by atoms with Crippen molar-refractivity contribution in [3.8, 4) is 11.1 Å². The monoisotopic (exact) mass is 497 g/mol. The summed E-state index contributed by atoms with van der Waals surface area (Å²) in [6.07, 6.45) is -0.583. The van der Waals surface area contributed by atoms with Crippen LogP contribution < -0.4 is 11.1 Å². The predicted molar refractivity (Wildman–Crippen MR) is 137 cm³/mol. The molecule has 3 aromatic carbocycles. The van der Waals surface area contributed by atoms with Crippen LogP contribution in [-0.4, -0.2) is 10.9 Å². The van der Waals surface area contributed by atoms with Gasteiger partial charge in [-0.25, -0.2) is 13.8 Å². The van der Waals surface area contributed by atoms with E-state index in [0.29, 0.717) is 29.1 Å². The van der Waals surface area contributed by atoms with Crippen LogP contribution in [0.1, 0.15) is 67.2 Å². The van der Waals surface area contributed by atoms with Gasteiger partial charge in [0.1, 0.15) is 29.7 Å². The van der Waals surface area contributed by atoms with E-state index in [1.807, 2.05) is 45.0 Å². The van der Waals surface area contributed by atoms with E-state index in [1.165, 1.54) is 12.1 Å². The summed E-state index contributed by atoms with van der Waals surface area (Å²) in [6, 6.07) is 15.0. The molecular weight excluding hydrogens is 472 g/mol. The van der Waals surface area contributed by atoms with Crippen LogP contribution >= 0.6 is 0 Å². The Bertz CT molecular complexity index is 1590. The Kier molecular flexibility index (Phi) is 5.35. The lowest BCUT2D eigenvalue weighted by Crippen LogP contribution is -2.24. The molecule has 2 aliphatic heterocycles. The van der Waals surface area contributed by atoms with Crippen LogP contribution in [0.15, 0.2) is 54.6 Å². The number of hydrogen-bond acceptors (Lipinski definition) is 4. The third-order valence-corrected chi connectivity index (χ3v) is 7.40. The highest BCUT2D eigenvalue weighted by Gasteiger charge is 2.43. The second-order valence-electron chi connectivity index (χ2n) is 9.77. The zero-order valence-electron chi connectivity index (χ0n) is 20.7. The Morgan fingerprint density at radius 1 is 0.892 bits per heavy atom. The van der Waals surface area contributed by atoms with E-state index in [-0.39, 0.29) is 18.1 Å². The van der Waals surface area contributed by atoms with Crippen LogP contribution in [0.2, 0.25) is 0 Å². The number of nitrogens with one attached hydrogen (secondary N) is 1. The number of ether oxygens (including phenoxy) is 1. The Morgan fingerprint density at radius 3 is 2.38 bits per heavy atom. The number of halogens is 2. The normalized spacial score (nSPS) is 17.0. The van der Waals surface area contributed by atoms with Gasteiger partial charge in [-0.2, -0.15) is 0 Å². The smallest absolute Gasteiger partial charge is 0.251 e. The second kappa shape index (κ2) is 8.49. The van der Waals surface area contributed by atoms with Gasteiger partial charge in [0, 0.05) is 29.4 Å². The minimum absolute atomic E-state index is 0.181. The molecule has 3 heterocycles. The van der Waals surface area contributed by atoms with E-state index in [1.54, 1.807) is 12.1 Å². The highest BCUT2D eigenvalue weighted by atomic mass is 19.1. The Morgan fingerprint density at radius 2 is 1.62 bits per heavy atom. The lowest BCUT2D eigenvalue weighted by atomic mass is 9.82. The molecule has 0 saturated carbocycles. The van der Waals surface area contributed by atoms with E-state index in [9.17, 15) is 13.6 Å². The van der Waals surface area contributed by atoms with Gasteiger partial charge in [0.05, 0.1) is 0 Å². The number of aryl methyl sites for hydroxylation is 3. The predicted octanol–water partition coefficient (Wildman–Crippen LogP) is 5.99. The van der Waals surface area contributed by atoms with Gasteiger partial charge in [-0.1, -0.05) is 12.1 Å². The number of rotatable bonds is 4. The van der Waals surface area contributed by atoms with Crippen molar-refractivity contribution in [1.29, 1.82) is 0 Å². The molecule has 1 amide bonds. The molecule has 186 valence electrons. The van der Waals surface area contributed by atoms with Crippen molar-refractivity contribution in [3.63, 3.8) is 0 Å². The lowest BCUT2D eigenvalue weighted by Gasteiger charge is -2.19. The molecule has 0 radical (unpaired) electrons. The Labute approximate surface area is 213 Å². The molecule has 37 heavy (non-hydrogen) atoms. The molecule has 2 unspecified atom stereocenters. The van der Waals surface area contributed by atoms with Gasteiger partial charge in [0.15, 0.2) is 0 Å². The molecule has 6 rings (SSSR count). The van der Waals surface area contributed by atoms with Gasteiger partial charge in [-0.15, -0.1) is 0 Å². The number of aromatic nitrogens is 1. The van der Waals surface area contributed by atoms with Crippen molar-refractivity contribution < 1.29 is 18.3 Å². The number of benzene rings is 3. The highest BCUT2D eigenvalue weighted by Crippen LogP contribution is 2.55. The summed E-state index contributed by atoms with van der Waals surface area (Å²) < 4.78 is 34.3. The van der Waals surface area contributed by atoms with E-state index in [0.717, 1.165) is 50.7 Å². The summed E-state index contributed by atoms with van der Waals surface area (Å²) in [5.74, 6) is -0.918. The second-order valence-corrected chi connectivity index (χ2v) is 9.77. The Balaban J connectivity index is 1.27.